The standard InChI is InChI=1S/C31H42N4O4/c1-7-12-22-26(30(39)35(33-22)31(4,5)6)27-28(37)25(29(27)38)21-16-15-20(34(8-2)9-3)18-23(21)32-24(36)17-19-13-10-11-14-19/h15-16,18-19,37H,7-14,17H2,1-6H3,(H,32,36)/b27-26+. The van der Waals surface area contributed by atoms with Crippen molar-refractivity contribution < 1.29 is 19.5 Å². The Morgan fingerprint density at radius 1 is 1.08 bits per heavy atom. The minimum Gasteiger partial charge on any atom is -0.506 e. The molecule has 2 N–H and O–H groups in total. The number of hydrazone groups is 1. The zero-order valence-corrected chi connectivity index (χ0v) is 24.2. The van der Waals surface area contributed by atoms with Crippen molar-refractivity contribution in [1.29, 1.82) is 0 Å². The third-order valence-electron chi connectivity index (χ3n) is 7.84. The van der Waals surface area contributed by atoms with Gasteiger partial charge in [-0.2, -0.15) is 5.10 Å². The quantitative estimate of drug-likeness (QED) is 0.379. The highest BCUT2D eigenvalue weighted by Crippen LogP contribution is 2.44. The normalized spacial score (nSPS) is 20.1. The van der Waals surface area contributed by atoms with Crippen molar-refractivity contribution in [1.82, 2.24) is 5.01 Å². The summed E-state index contributed by atoms with van der Waals surface area (Å²) < 4.78 is 0. The molecule has 2 aliphatic carbocycles. The van der Waals surface area contributed by atoms with Gasteiger partial charge in [0, 0.05) is 30.8 Å². The largest absolute Gasteiger partial charge is 0.506 e. The van der Waals surface area contributed by atoms with Gasteiger partial charge in [0.15, 0.2) is 0 Å². The van der Waals surface area contributed by atoms with Gasteiger partial charge in [0.25, 0.3) is 5.91 Å². The van der Waals surface area contributed by atoms with Crippen LogP contribution in [0, 0.1) is 5.92 Å². The Kier molecular flexibility index (Phi) is 8.33. The van der Waals surface area contributed by atoms with Gasteiger partial charge in [-0.05, 0) is 78.0 Å². The van der Waals surface area contributed by atoms with Crippen molar-refractivity contribution in [3.8, 4) is 0 Å². The van der Waals surface area contributed by atoms with Crippen LogP contribution in [0.25, 0.3) is 5.57 Å². The molecule has 3 aliphatic rings. The number of carbonyl (C=O) groups is 3. The number of aliphatic hydroxyl groups is 1. The highest BCUT2D eigenvalue weighted by molar-refractivity contribution is 6.44. The molecule has 0 bridgehead atoms. The first kappa shape index (κ1) is 28.6. The number of Topliss-reactive ketones (excluding diaryl/α,β-unsaturated/α-hetero) is 1. The van der Waals surface area contributed by atoms with E-state index in [1.54, 1.807) is 6.07 Å². The second kappa shape index (κ2) is 11.4. The first-order valence-corrected chi connectivity index (χ1v) is 14.4. The molecule has 0 aromatic heterocycles. The van der Waals surface area contributed by atoms with Crippen LogP contribution >= 0.6 is 0 Å². The van der Waals surface area contributed by atoms with E-state index < -0.39 is 11.3 Å². The van der Waals surface area contributed by atoms with Crippen LogP contribution in [-0.4, -0.2) is 52.1 Å². The Hall–Kier alpha value is -3.42. The van der Waals surface area contributed by atoms with Crippen molar-refractivity contribution in [3.05, 3.63) is 40.7 Å². The lowest BCUT2D eigenvalue weighted by Gasteiger charge is -2.29. The zero-order valence-electron chi connectivity index (χ0n) is 24.2. The highest BCUT2D eigenvalue weighted by Gasteiger charge is 2.46. The van der Waals surface area contributed by atoms with E-state index in [0.29, 0.717) is 35.7 Å². The second-order valence-electron chi connectivity index (χ2n) is 11.7. The van der Waals surface area contributed by atoms with Crippen LogP contribution in [0.4, 0.5) is 11.4 Å². The first-order chi connectivity index (χ1) is 18.5. The van der Waals surface area contributed by atoms with Gasteiger partial charge in [0.05, 0.1) is 33.7 Å². The van der Waals surface area contributed by atoms with Crippen molar-refractivity contribution in [2.45, 2.75) is 92.0 Å². The molecule has 1 aliphatic heterocycles. The van der Waals surface area contributed by atoms with Crippen LogP contribution in [0.15, 0.2) is 40.2 Å². The van der Waals surface area contributed by atoms with E-state index in [4.69, 9.17) is 0 Å². The lowest BCUT2D eigenvalue weighted by Crippen LogP contribution is -2.40. The number of anilines is 2. The molecule has 210 valence electrons. The fourth-order valence-corrected chi connectivity index (χ4v) is 5.76. The first-order valence-electron chi connectivity index (χ1n) is 14.4. The minimum absolute atomic E-state index is 0.0185. The van der Waals surface area contributed by atoms with Gasteiger partial charge < -0.3 is 15.3 Å². The molecule has 4 rings (SSSR count). The number of nitrogens with one attached hydrogen (secondary N) is 1. The van der Waals surface area contributed by atoms with Crippen molar-refractivity contribution >= 4 is 40.3 Å². The van der Waals surface area contributed by atoms with Gasteiger partial charge in [0.2, 0.25) is 11.7 Å². The van der Waals surface area contributed by atoms with E-state index in [-0.39, 0.29) is 34.3 Å². The highest BCUT2D eigenvalue weighted by atomic mass is 16.3. The molecule has 0 spiro atoms. The Balaban J connectivity index is 1.76. The van der Waals surface area contributed by atoms with Gasteiger partial charge >= 0.3 is 0 Å². The van der Waals surface area contributed by atoms with E-state index in [2.05, 4.69) is 29.2 Å². The molecular formula is C31H42N4O4. The van der Waals surface area contributed by atoms with E-state index in [1.807, 2.05) is 39.8 Å². The average molecular weight is 535 g/mol. The lowest BCUT2D eigenvalue weighted by molar-refractivity contribution is -0.130. The fourth-order valence-electron chi connectivity index (χ4n) is 5.76. The van der Waals surface area contributed by atoms with Gasteiger partial charge in [-0.15, -0.1) is 0 Å². The summed E-state index contributed by atoms with van der Waals surface area (Å²) in [7, 11) is 0. The molecule has 1 saturated carbocycles. The maximum absolute atomic E-state index is 13.6. The molecule has 0 unspecified atom stereocenters. The maximum Gasteiger partial charge on any atom is 0.277 e. The number of ketones is 1. The van der Waals surface area contributed by atoms with Crippen LogP contribution in [-0.2, 0) is 14.4 Å². The number of amides is 2. The predicted molar refractivity (Wildman–Crippen MR) is 156 cm³/mol. The Morgan fingerprint density at radius 2 is 1.74 bits per heavy atom. The smallest absolute Gasteiger partial charge is 0.277 e. The van der Waals surface area contributed by atoms with E-state index in [1.165, 1.54) is 5.01 Å². The van der Waals surface area contributed by atoms with E-state index in [9.17, 15) is 19.5 Å². The third-order valence-corrected chi connectivity index (χ3v) is 7.84. The molecule has 0 saturated heterocycles. The van der Waals surface area contributed by atoms with Crippen molar-refractivity contribution in [2.75, 3.05) is 23.3 Å². The van der Waals surface area contributed by atoms with Crippen LogP contribution < -0.4 is 10.2 Å². The Morgan fingerprint density at radius 3 is 2.31 bits per heavy atom. The van der Waals surface area contributed by atoms with Crippen LogP contribution in [0.5, 0.6) is 0 Å². The predicted octanol–water partition coefficient (Wildman–Crippen LogP) is 6.00. The number of hydrogen-bond donors (Lipinski definition) is 2. The third kappa shape index (κ3) is 5.52. The molecule has 1 heterocycles. The summed E-state index contributed by atoms with van der Waals surface area (Å²) >= 11 is 0. The topological polar surface area (TPSA) is 102 Å². The van der Waals surface area contributed by atoms with Gasteiger partial charge in [-0.1, -0.05) is 26.2 Å². The number of aliphatic hydroxyl groups excluding tert-OH is 1. The van der Waals surface area contributed by atoms with E-state index >= 15 is 0 Å². The van der Waals surface area contributed by atoms with Crippen molar-refractivity contribution in [3.63, 3.8) is 0 Å². The minimum atomic E-state index is -0.565. The molecule has 1 fully saturated rings. The monoisotopic (exact) mass is 534 g/mol. The number of benzene rings is 1. The summed E-state index contributed by atoms with van der Waals surface area (Å²) in [5, 5.41) is 20.2. The molecule has 1 aromatic rings. The molecule has 39 heavy (non-hydrogen) atoms. The second-order valence-corrected chi connectivity index (χ2v) is 11.7. The molecule has 0 atom stereocenters. The van der Waals surface area contributed by atoms with Crippen LogP contribution in [0.1, 0.15) is 92.1 Å². The molecule has 0 radical (unpaired) electrons. The summed E-state index contributed by atoms with van der Waals surface area (Å²) in [5.41, 5.74) is 2.17. The number of nitrogens with zero attached hydrogens (tertiary/aromatic N) is 3. The fraction of sp³-hybridized carbons (Fsp3) is 0.548. The Bertz CT molecular complexity index is 1260. The number of carbonyl (C=O) groups excluding carboxylic acids is 3. The SMILES string of the molecule is CCCC1=NN(C(C)(C)C)C(=O)/C1=C1/C(=O)C(c2ccc(N(CC)CC)cc2NC(=O)CC2CCCC2)=C1O. The molecular weight excluding hydrogens is 492 g/mol. The van der Waals surface area contributed by atoms with Gasteiger partial charge in [-0.3, -0.25) is 14.4 Å². The van der Waals surface area contributed by atoms with Crippen LogP contribution in [0.2, 0.25) is 0 Å². The molecule has 8 nitrogen and oxygen atoms in total. The van der Waals surface area contributed by atoms with Crippen LogP contribution in [0.3, 0.4) is 0 Å². The number of hydrogen-bond acceptors (Lipinski definition) is 6. The van der Waals surface area contributed by atoms with Gasteiger partial charge in [-0.25, -0.2) is 5.01 Å². The van der Waals surface area contributed by atoms with Gasteiger partial charge in [0.1, 0.15) is 5.76 Å². The summed E-state index contributed by atoms with van der Waals surface area (Å²) in [4.78, 5) is 42.2. The summed E-state index contributed by atoms with van der Waals surface area (Å²) in [6.07, 6.45) is 6.14. The molecule has 8 heteroatoms. The summed E-state index contributed by atoms with van der Waals surface area (Å²) in [6.45, 7) is 13.3. The summed E-state index contributed by atoms with van der Waals surface area (Å²) in [5.74, 6) is -0.706. The number of allylic oxidation sites excluding steroid dienone is 2. The molecule has 1 aromatic carbocycles. The Labute approximate surface area is 231 Å². The number of rotatable bonds is 9. The van der Waals surface area contributed by atoms with E-state index in [0.717, 1.165) is 50.9 Å². The molecule has 2 amide bonds. The lowest BCUT2D eigenvalue weighted by atomic mass is 9.78. The average Bonchev–Trinajstić information content (AvgIpc) is 3.50. The summed E-state index contributed by atoms with van der Waals surface area (Å²) in [6, 6.07) is 5.56. The van der Waals surface area contributed by atoms with Crippen molar-refractivity contribution in [2.24, 2.45) is 11.0 Å². The maximum atomic E-state index is 13.6. The zero-order chi connectivity index (χ0) is 28.5.